The number of aromatic amines is 1. The van der Waals surface area contributed by atoms with Crippen LogP contribution in [0, 0.1) is 5.92 Å². The first-order chi connectivity index (χ1) is 14.4. The van der Waals surface area contributed by atoms with Crippen molar-refractivity contribution in [3.63, 3.8) is 0 Å². The van der Waals surface area contributed by atoms with E-state index in [4.69, 9.17) is 14.5 Å². The summed E-state index contributed by atoms with van der Waals surface area (Å²) in [7, 11) is 5.30. The smallest absolute Gasteiger partial charge is 0.259 e. The summed E-state index contributed by atoms with van der Waals surface area (Å²) in [5.41, 5.74) is 2.32. The molecule has 2 aromatic heterocycles. The first kappa shape index (κ1) is 20.9. The van der Waals surface area contributed by atoms with Gasteiger partial charge in [0.1, 0.15) is 10.7 Å². The number of fused-ring (bicyclic) bond motifs is 3. The quantitative estimate of drug-likeness (QED) is 0.635. The topological polar surface area (TPSA) is 67.5 Å². The molecule has 0 fully saturated rings. The molecular weight excluding hydrogens is 398 g/mol. The molecule has 2 heterocycles. The zero-order valence-electron chi connectivity index (χ0n) is 18.2. The standard InChI is InChI=1S/C23H29N3O3S/c1-13-6-8-16-19(10-13)30-23-20(16)22(27)24-21(25-23)14(2)26(3)12-15-7-9-17(28-4)18(11-15)29-5/h7,9,11,13-14H,6,8,10,12H2,1-5H3,(H,24,25,27)/t13-,14+/m0/s1. The Morgan fingerprint density at radius 1 is 1.30 bits per heavy atom. The monoisotopic (exact) mass is 427 g/mol. The van der Waals surface area contributed by atoms with E-state index in [1.54, 1.807) is 25.6 Å². The fourth-order valence-corrected chi connectivity index (χ4v) is 5.57. The molecule has 160 valence electrons. The van der Waals surface area contributed by atoms with Gasteiger partial charge in [-0.25, -0.2) is 4.98 Å². The number of aromatic nitrogens is 2. The molecule has 1 aromatic carbocycles. The molecule has 30 heavy (non-hydrogen) atoms. The summed E-state index contributed by atoms with van der Waals surface area (Å²) in [6, 6.07) is 5.89. The third-order valence-electron chi connectivity index (χ3n) is 6.12. The van der Waals surface area contributed by atoms with Crippen molar-refractivity contribution in [2.75, 3.05) is 21.3 Å². The van der Waals surface area contributed by atoms with Crippen LogP contribution in [0.5, 0.6) is 11.5 Å². The molecule has 4 rings (SSSR count). The molecular formula is C23H29N3O3S. The van der Waals surface area contributed by atoms with Crippen molar-refractivity contribution in [2.24, 2.45) is 5.92 Å². The van der Waals surface area contributed by atoms with Gasteiger partial charge in [-0.15, -0.1) is 11.3 Å². The van der Waals surface area contributed by atoms with Crippen molar-refractivity contribution in [1.82, 2.24) is 14.9 Å². The van der Waals surface area contributed by atoms with E-state index in [0.29, 0.717) is 29.8 Å². The highest BCUT2D eigenvalue weighted by molar-refractivity contribution is 7.18. The van der Waals surface area contributed by atoms with E-state index in [1.807, 2.05) is 25.2 Å². The van der Waals surface area contributed by atoms with Gasteiger partial charge in [0, 0.05) is 11.4 Å². The predicted octanol–water partition coefficient (Wildman–Crippen LogP) is 4.32. The lowest BCUT2D eigenvalue weighted by Gasteiger charge is -2.24. The van der Waals surface area contributed by atoms with Crippen molar-refractivity contribution in [1.29, 1.82) is 0 Å². The molecule has 0 amide bonds. The van der Waals surface area contributed by atoms with Crippen LogP contribution in [-0.4, -0.2) is 36.1 Å². The average Bonchev–Trinajstić information content (AvgIpc) is 3.10. The number of nitrogens with one attached hydrogen (secondary N) is 1. The number of H-pyrrole nitrogens is 1. The number of hydrogen-bond acceptors (Lipinski definition) is 6. The second-order valence-electron chi connectivity index (χ2n) is 8.26. The van der Waals surface area contributed by atoms with Gasteiger partial charge in [0.25, 0.3) is 5.56 Å². The predicted molar refractivity (Wildman–Crippen MR) is 121 cm³/mol. The summed E-state index contributed by atoms with van der Waals surface area (Å²) in [5, 5.41) is 0.806. The van der Waals surface area contributed by atoms with Crippen LogP contribution in [0.2, 0.25) is 0 Å². The molecule has 6 nitrogen and oxygen atoms in total. The van der Waals surface area contributed by atoms with Crippen LogP contribution in [0.15, 0.2) is 23.0 Å². The second-order valence-corrected chi connectivity index (χ2v) is 9.35. The molecule has 1 aliphatic rings. The summed E-state index contributed by atoms with van der Waals surface area (Å²) in [6.07, 6.45) is 3.18. The average molecular weight is 428 g/mol. The number of hydrogen-bond donors (Lipinski definition) is 1. The van der Waals surface area contributed by atoms with Crippen LogP contribution >= 0.6 is 11.3 Å². The molecule has 1 aliphatic carbocycles. The van der Waals surface area contributed by atoms with Gasteiger partial charge in [0.05, 0.1) is 25.6 Å². The van der Waals surface area contributed by atoms with Crippen molar-refractivity contribution >= 4 is 21.6 Å². The second kappa shape index (κ2) is 8.40. The van der Waals surface area contributed by atoms with E-state index in [0.717, 1.165) is 35.0 Å². The Balaban J connectivity index is 1.60. The third-order valence-corrected chi connectivity index (χ3v) is 7.27. The number of ether oxygens (including phenoxy) is 2. The highest BCUT2D eigenvalue weighted by atomic mass is 32.1. The number of aryl methyl sites for hydroxylation is 1. The van der Waals surface area contributed by atoms with Gasteiger partial charge in [-0.05, 0) is 62.4 Å². The SMILES string of the molecule is COc1ccc(CN(C)[C@H](C)c2nc3sc4c(c3c(=O)[nH]2)CC[C@H](C)C4)cc1OC. The zero-order chi connectivity index (χ0) is 21.4. The van der Waals surface area contributed by atoms with E-state index < -0.39 is 0 Å². The molecule has 0 radical (unpaired) electrons. The minimum absolute atomic E-state index is 0.00609. The molecule has 0 saturated heterocycles. The molecule has 0 bridgehead atoms. The van der Waals surface area contributed by atoms with Crippen LogP contribution < -0.4 is 15.0 Å². The molecule has 7 heteroatoms. The van der Waals surface area contributed by atoms with Crippen molar-refractivity contribution in [3.8, 4) is 11.5 Å². The van der Waals surface area contributed by atoms with Crippen LogP contribution in [0.4, 0.5) is 0 Å². The van der Waals surface area contributed by atoms with E-state index in [9.17, 15) is 4.79 Å². The lowest BCUT2D eigenvalue weighted by Crippen LogP contribution is -2.26. The number of thiophene rings is 1. The summed E-state index contributed by atoms with van der Waals surface area (Å²) >= 11 is 1.69. The van der Waals surface area contributed by atoms with Crippen molar-refractivity contribution in [3.05, 3.63) is 50.4 Å². The van der Waals surface area contributed by atoms with Gasteiger partial charge in [0.2, 0.25) is 0 Å². The minimum Gasteiger partial charge on any atom is -0.493 e. The highest BCUT2D eigenvalue weighted by Gasteiger charge is 2.24. The highest BCUT2D eigenvalue weighted by Crippen LogP contribution is 2.36. The molecule has 2 atom stereocenters. The number of nitrogens with zero attached hydrogens (tertiary/aromatic N) is 2. The number of benzene rings is 1. The van der Waals surface area contributed by atoms with Gasteiger partial charge in [0.15, 0.2) is 11.5 Å². The lowest BCUT2D eigenvalue weighted by atomic mass is 9.89. The molecule has 0 spiro atoms. The Hall–Kier alpha value is -2.38. The Kier molecular flexibility index (Phi) is 5.84. The first-order valence-electron chi connectivity index (χ1n) is 10.4. The molecule has 0 unspecified atom stereocenters. The van der Waals surface area contributed by atoms with Gasteiger partial charge in [-0.3, -0.25) is 9.69 Å². The fraction of sp³-hybridized carbons (Fsp3) is 0.478. The largest absolute Gasteiger partial charge is 0.493 e. The van der Waals surface area contributed by atoms with Crippen LogP contribution in [0.25, 0.3) is 10.2 Å². The Bertz CT molecular complexity index is 1120. The minimum atomic E-state index is -0.0340. The zero-order valence-corrected chi connectivity index (χ0v) is 19.1. The van der Waals surface area contributed by atoms with Gasteiger partial charge in [-0.2, -0.15) is 0 Å². The van der Waals surface area contributed by atoms with E-state index >= 15 is 0 Å². The van der Waals surface area contributed by atoms with Gasteiger partial charge >= 0.3 is 0 Å². The van der Waals surface area contributed by atoms with E-state index in [1.165, 1.54) is 10.4 Å². The van der Waals surface area contributed by atoms with Crippen LogP contribution in [-0.2, 0) is 19.4 Å². The number of rotatable bonds is 6. The summed E-state index contributed by atoms with van der Waals surface area (Å²) < 4.78 is 10.7. The first-order valence-corrected chi connectivity index (χ1v) is 11.2. The van der Waals surface area contributed by atoms with Crippen molar-refractivity contribution in [2.45, 2.75) is 45.7 Å². The molecule has 0 aliphatic heterocycles. The third kappa shape index (κ3) is 3.84. The van der Waals surface area contributed by atoms with Crippen LogP contribution in [0.1, 0.15) is 48.1 Å². The summed E-state index contributed by atoms with van der Waals surface area (Å²) in [5.74, 6) is 2.81. The Labute approximate surface area is 180 Å². The Morgan fingerprint density at radius 3 is 2.80 bits per heavy atom. The summed E-state index contributed by atoms with van der Waals surface area (Å²) in [4.78, 5) is 25.2. The maximum absolute atomic E-state index is 12.9. The molecule has 3 aromatic rings. The number of methoxy groups -OCH3 is 2. The van der Waals surface area contributed by atoms with Gasteiger partial charge in [-0.1, -0.05) is 13.0 Å². The maximum atomic E-state index is 12.9. The van der Waals surface area contributed by atoms with Crippen molar-refractivity contribution < 1.29 is 9.47 Å². The lowest BCUT2D eigenvalue weighted by molar-refractivity contribution is 0.243. The maximum Gasteiger partial charge on any atom is 0.259 e. The van der Waals surface area contributed by atoms with E-state index in [2.05, 4.69) is 23.7 Å². The summed E-state index contributed by atoms with van der Waals surface area (Å²) in [6.45, 7) is 5.05. The van der Waals surface area contributed by atoms with E-state index in [-0.39, 0.29) is 11.6 Å². The van der Waals surface area contributed by atoms with Gasteiger partial charge < -0.3 is 14.5 Å². The fourth-order valence-electron chi connectivity index (χ4n) is 4.18. The molecule has 0 saturated carbocycles. The molecule has 1 N–H and O–H groups in total. The Morgan fingerprint density at radius 2 is 2.07 bits per heavy atom. The normalized spacial score (nSPS) is 17.2. The van der Waals surface area contributed by atoms with Crippen LogP contribution in [0.3, 0.4) is 0 Å².